The molecular weight excluding hydrogens is 575 g/mol. The number of hydrogen-bond acceptors (Lipinski definition) is 5. The van der Waals surface area contributed by atoms with E-state index in [-0.39, 0.29) is 23.4 Å². The molecule has 0 N–H and O–H groups in total. The van der Waals surface area contributed by atoms with E-state index in [1.807, 2.05) is 30.3 Å². The zero-order valence-corrected chi connectivity index (χ0v) is 24.5. The first kappa shape index (κ1) is 30.2. The van der Waals surface area contributed by atoms with E-state index in [0.29, 0.717) is 42.6 Å². The molecule has 1 saturated heterocycles. The molecule has 0 bridgehead atoms. The minimum atomic E-state index is -4.43. The summed E-state index contributed by atoms with van der Waals surface area (Å²) in [7, 11) is 1.47. The number of thiazole rings is 1. The molecule has 43 heavy (non-hydrogen) atoms. The predicted octanol–water partition coefficient (Wildman–Crippen LogP) is 7.25. The fourth-order valence-electron chi connectivity index (χ4n) is 5.28. The van der Waals surface area contributed by atoms with Crippen LogP contribution < -0.4 is 0 Å². The molecule has 1 aromatic heterocycles. The summed E-state index contributed by atoms with van der Waals surface area (Å²) >= 11 is 1.37. The molecule has 3 aromatic carbocycles. The minimum absolute atomic E-state index is 0.0602. The Bertz CT molecular complexity index is 1610. The van der Waals surface area contributed by atoms with Crippen molar-refractivity contribution in [3.05, 3.63) is 112 Å². The summed E-state index contributed by atoms with van der Waals surface area (Å²) in [6.07, 6.45) is -3.14. The number of likely N-dealkylation sites (N-methyl/N-ethyl adjacent to an activating group) is 1. The first-order chi connectivity index (χ1) is 20.5. The van der Waals surface area contributed by atoms with Crippen LogP contribution in [0.25, 0.3) is 11.1 Å². The molecule has 2 heterocycles. The average Bonchev–Trinajstić information content (AvgIpc) is 3.53. The van der Waals surface area contributed by atoms with Crippen LogP contribution in [-0.2, 0) is 11.0 Å². The van der Waals surface area contributed by atoms with Crippen LogP contribution in [0.4, 0.5) is 13.2 Å². The summed E-state index contributed by atoms with van der Waals surface area (Å²) in [5, 5.41) is 2.46. The molecule has 1 fully saturated rings. The number of hydrogen-bond donors (Lipinski definition) is 0. The van der Waals surface area contributed by atoms with Gasteiger partial charge in [-0.2, -0.15) is 13.2 Å². The number of aromatic nitrogens is 1. The zero-order chi connectivity index (χ0) is 30.7. The number of nitrogens with zero attached hydrogens (tertiary/aromatic N) is 3. The van der Waals surface area contributed by atoms with Crippen LogP contribution in [0, 0.1) is 0 Å². The lowest BCUT2D eigenvalue weighted by Gasteiger charge is -2.31. The Morgan fingerprint density at radius 3 is 2.21 bits per heavy atom. The topological polar surface area (TPSA) is 70.6 Å². The van der Waals surface area contributed by atoms with E-state index in [4.69, 9.17) is 0 Å². The van der Waals surface area contributed by atoms with Crippen molar-refractivity contribution >= 4 is 29.1 Å². The summed E-state index contributed by atoms with van der Waals surface area (Å²) in [5.41, 5.74) is 1.85. The van der Waals surface area contributed by atoms with Gasteiger partial charge in [0.15, 0.2) is 0 Å². The van der Waals surface area contributed by atoms with Crippen molar-refractivity contribution < 1.29 is 27.6 Å². The first-order valence-corrected chi connectivity index (χ1v) is 14.8. The molecule has 0 spiro atoms. The average molecular weight is 606 g/mol. The molecule has 6 nitrogen and oxygen atoms in total. The van der Waals surface area contributed by atoms with E-state index in [1.54, 1.807) is 41.5 Å². The number of halogens is 3. The highest BCUT2D eigenvalue weighted by Crippen LogP contribution is 2.34. The molecule has 222 valence electrons. The van der Waals surface area contributed by atoms with Crippen molar-refractivity contribution in [3.8, 4) is 11.1 Å². The molecule has 10 heteroatoms. The highest BCUT2D eigenvalue weighted by atomic mass is 32.1. The second-order valence-corrected chi connectivity index (χ2v) is 11.5. The number of benzene rings is 3. The molecule has 0 aliphatic carbocycles. The van der Waals surface area contributed by atoms with Gasteiger partial charge in [0.1, 0.15) is 5.69 Å². The van der Waals surface area contributed by atoms with E-state index >= 15 is 0 Å². The number of amides is 3. The minimum Gasteiger partial charge on any atom is -0.339 e. The van der Waals surface area contributed by atoms with Crippen molar-refractivity contribution in [1.29, 1.82) is 0 Å². The third-order valence-corrected chi connectivity index (χ3v) is 8.87. The summed E-state index contributed by atoms with van der Waals surface area (Å²) < 4.78 is 39.1. The van der Waals surface area contributed by atoms with Gasteiger partial charge in [-0.15, -0.1) is 11.3 Å². The van der Waals surface area contributed by atoms with Gasteiger partial charge in [-0.1, -0.05) is 60.7 Å². The number of likely N-dealkylation sites (tertiary alicyclic amines) is 1. The lowest BCUT2D eigenvalue weighted by Crippen LogP contribution is -2.38. The van der Waals surface area contributed by atoms with Crippen LogP contribution in [0.2, 0.25) is 0 Å². The van der Waals surface area contributed by atoms with Gasteiger partial charge in [-0.05, 0) is 54.7 Å². The maximum absolute atomic E-state index is 13.5. The lowest BCUT2D eigenvalue weighted by atomic mass is 9.94. The Kier molecular flexibility index (Phi) is 8.77. The SMILES string of the molecule is CC(C(=O)N(C)C(=O)c1csc(C2CCN(C(=O)c3ccccc3-c3ccc(C(F)(F)F)cc3)CC2)n1)c1ccccc1. The van der Waals surface area contributed by atoms with Crippen LogP contribution in [0.3, 0.4) is 0 Å². The van der Waals surface area contributed by atoms with Gasteiger partial charge in [-0.3, -0.25) is 19.3 Å². The highest BCUT2D eigenvalue weighted by Gasteiger charge is 2.32. The normalized spacial score (nSPS) is 14.8. The smallest absolute Gasteiger partial charge is 0.339 e. The first-order valence-electron chi connectivity index (χ1n) is 13.9. The number of piperidine rings is 1. The van der Waals surface area contributed by atoms with Gasteiger partial charge in [0.05, 0.1) is 16.5 Å². The zero-order valence-electron chi connectivity index (χ0n) is 23.7. The summed E-state index contributed by atoms with van der Waals surface area (Å²) in [6, 6.07) is 21.0. The molecule has 1 unspecified atom stereocenters. The van der Waals surface area contributed by atoms with Crippen LogP contribution in [0.1, 0.15) is 68.6 Å². The summed E-state index contributed by atoms with van der Waals surface area (Å²) in [5.74, 6) is -1.36. The third-order valence-electron chi connectivity index (χ3n) is 7.86. The lowest BCUT2D eigenvalue weighted by molar-refractivity contribution is -0.137. The standard InChI is InChI=1S/C33H30F3N3O3S/c1-21(22-8-4-3-5-9-22)30(40)38(2)32(42)28-20-43-29(37-28)24-16-18-39(19-17-24)31(41)27-11-7-6-10-26(27)23-12-14-25(15-13-23)33(34,35)36/h3-15,20-21,24H,16-19H2,1-2H3. The number of alkyl halides is 3. The van der Waals surface area contributed by atoms with Gasteiger partial charge in [0, 0.05) is 37.0 Å². The fourth-order valence-corrected chi connectivity index (χ4v) is 6.25. The fraction of sp³-hybridized carbons (Fsp3) is 0.273. The predicted molar refractivity (Wildman–Crippen MR) is 159 cm³/mol. The van der Waals surface area contributed by atoms with Crippen LogP contribution >= 0.6 is 11.3 Å². The van der Waals surface area contributed by atoms with E-state index < -0.39 is 23.6 Å². The molecule has 3 amide bonds. The van der Waals surface area contributed by atoms with Crippen LogP contribution in [0.15, 0.2) is 84.2 Å². The Balaban J connectivity index is 1.22. The van der Waals surface area contributed by atoms with Crippen molar-refractivity contribution in [2.24, 2.45) is 0 Å². The second-order valence-electron chi connectivity index (χ2n) is 10.6. The van der Waals surface area contributed by atoms with E-state index in [1.165, 1.54) is 30.5 Å². The number of carbonyl (C=O) groups is 3. The van der Waals surface area contributed by atoms with Gasteiger partial charge in [-0.25, -0.2) is 4.98 Å². The van der Waals surface area contributed by atoms with Gasteiger partial charge in [0.2, 0.25) is 5.91 Å². The Labute approximate surface area is 251 Å². The molecule has 4 aromatic rings. The Morgan fingerprint density at radius 2 is 1.56 bits per heavy atom. The summed E-state index contributed by atoms with van der Waals surface area (Å²) in [4.78, 5) is 47.0. The van der Waals surface area contributed by atoms with E-state index in [0.717, 1.165) is 27.6 Å². The molecule has 0 radical (unpaired) electrons. The molecule has 1 atom stereocenters. The Morgan fingerprint density at radius 1 is 0.930 bits per heavy atom. The van der Waals surface area contributed by atoms with Crippen LogP contribution in [-0.4, -0.2) is 52.6 Å². The molecular formula is C33H30F3N3O3S. The molecule has 0 saturated carbocycles. The van der Waals surface area contributed by atoms with Crippen molar-refractivity contribution in [1.82, 2.24) is 14.8 Å². The van der Waals surface area contributed by atoms with E-state index in [9.17, 15) is 27.6 Å². The maximum Gasteiger partial charge on any atom is 0.416 e. The number of carbonyl (C=O) groups excluding carboxylic acids is 3. The van der Waals surface area contributed by atoms with Crippen molar-refractivity contribution in [2.45, 2.75) is 37.8 Å². The van der Waals surface area contributed by atoms with Crippen molar-refractivity contribution in [2.75, 3.05) is 20.1 Å². The number of imide groups is 1. The van der Waals surface area contributed by atoms with Crippen LogP contribution in [0.5, 0.6) is 0 Å². The largest absolute Gasteiger partial charge is 0.416 e. The Hall–Kier alpha value is -4.31. The van der Waals surface area contributed by atoms with Gasteiger partial charge < -0.3 is 4.90 Å². The molecule has 1 aliphatic heterocycles. The van der Waals surface area contributed by atoms with E-state index in [2.05, 4.69) is 4.98 Å². The third kappa shape index (κ3) is 6.54. The number of rotatable bonds is 6. The van der Waals surface area contributed by atoms with Gasteiger partial charge >= 0.3 is 6.18 Å². The highest BCUT2D eigenvalue weighted by molar-refractivity contribution is 7.09. The quantitative estimate of drug-likeness (QED) is 0.232. The monoisotopic (exact) mass is 605 g/mol. The second kappa shape index (κ2) is 12.5. The summed E-state index contributed by atoms with van der Waals surface area (Å²) in [6.45, 7) is 2.71. The van der Waals surface area contributed by atoms with Gasteiger partial charge in [0.25, 0.3) is 11.8 Å². The molecule has 1 aliphatic rings. The maximum atomic E-state index is 13.5. The van der Waals surface area contributed by atoms with Crippen molar-refractivity contribution in [3.63, 3.8) is 0 Å². The molecule has 5 rings (SSSR count).